The van der Waals surface area contributed by atoms with Crippen LogP contribution in [0.5, 0.6) is 0 Å². The lowest BCUT2D eigenvalue weighted by atomic mass is 10.1. The summed E-state index contributed by atoms with van der Waals surface area (Å²) in [5.74, 6) is 0. The first-order chi connectivity index (χ1) is 8.88. The predicted molar refractivity (Wildman–Crippen MR) is 74.8 cm³/mol. The van der Waals surface area contributed by atoms with Gasteiger partial charge in [0.25, 0.3) is 0 Å². The first kappa shape index (κ1) is 15.2. The van der Waals surface area contributed by atoms with Crippen molar-refractivity contribution in [3.63, 3.8) is 0 Å². The monoisotopic (exact) mass is 251 g/mol. The minimum absolute atomic E-state index is 0.762. The van der Waals surface area contributed by atoms with Gasteiger partial charge >= 0.3 is 0 Å². The third-order valence-electron chi connectivity index (χ3n) is 2.88. The molecule has 0 aliphatic rings. The summed E-state index contributed by atoms with van der Waals surface area (Å²) in [6.45, 7) is 6.32. The second-order valence-electron chi connectivity index (χ2n) is 4.26. The van der Waals surface area contributed by atoms with Gasteiger partial charge in [-0.15, -0.1) is 0 Å². The molecule has 3 nitrogen and oxygen atoms in total. The molecule has 0 unspecified atom stereocenters. The van der Waals surface area contributed by atoms with Gasteiger partial charge in [-0.2, -0.15) is 0 Å². The first-order valence-corrected chi connectivity index (χ1v) is 6.72. The van der Waals surface area contributed by atoms with E-state index in [-0.39, 0.29) is 0 Å². The minimum atomic E-state index is 0.762. The van der Waals surface area contributed by atoms with Crippen LogP contribution in [0.15, 0.2) is 24.3 Å². The number of hydrogen-bond donors (Lipinski definition) is 1. The molecular formula is C15H25NO2. The van der Waals surface area contributed by atoms with Gasteiger partial charge in [-0.1, -0.05) is 31.2 Å². The summed E-state index contributed by atoms with van der Waals surface area (Å²) >= 11 is 0. The molecule has 0 amide bonds. The lowest BCUT2D eigenvalue weighted by Gasteiger charge is -2.09. The highest BCUT2D eigenvalue weighted by atomic mass is 16.5. The third-order valence-corrected chi connectivity index (χ3v) is 2.88. The van der Waals surface area contributed by atoms with Crippen LogP contribution in [0.25, 0.3) is 0 Å². The zero-order valence-corrected chi connectivity index (χ0v) is 11.6. The molecule has 1 N–H and O–H groups in total. The standard InChI is InChI=1S/C15H25NO2/c1-3-14-7-4-5-8-15(14)13-16-9-12-18-11-6-10-17-2/h4-5,7-8,16H,3,6,9-13H2,1-2H3. The molecule has 1 aromatic rings. The summed E-state index contributed by atoms with van der Waals surface area (Å²) in [6.07, 6.45) is 2.06. The average molecular weight is 251 g/mol. The number of rotatable bonds is 10. The molecule has 0 fully saturated rings. The Bertz CT molecular complexity index is 315. The number of benzene rings is 1. The van der Waals surface area contributed by atoms with E-state index in [1.165, 1.54) is 11.1 Å². The van der Waals surface area contributed by atoms with E-state index >= 15 is 0 Å². The average Bonchev–Trinajstić information content (AvgIpc) is 2.42. The molecule has 0 radical (unpaired) electrons. The quantitative estimate of drug-likeness (QED) is 0.648. The van der Waals surface area contributed by atoms with Gasteiger partial charge in [0.15, 0.2) is 0 Å². The van der Waals surface area contributed by atoms with Crippen molar-refractivity contribution in [3.05, 3.63) is 35.4 Å². The van der Waals surface area contributed by atoms with Gasteiger partial charge in [-0.05, 0) is 24.0 Å². The van der Waals surface area contributed by atoms with Crippen molar-refractivity contribution in [1.29, 1.82) is 0 Å². The van der Waals surface area contributed by atoms with Gasteiger partial charge in [0, 0.05) is 33.4 Å². The normalized spacial score (nSPS) is 10.8. The highest BCUT2D eigenvalue weighted by Gasteiger charge is 1.98. The number of aryl methyl sites for hydroxylation is 1. The SMILES string of the molecule is CCc1ccccc1CNCCOCCCOC. The summed E-state index contributed by atoms with van der Waals surface area (Å²) in [5, 5.41) is 3.41. The topological polar surface area (TPSA) is 30.5 Å². The number of methoxy groups -OCH3 is 1. The Balaban J connectivity index is 2.07. The molecule has 1 rings (SSSR count). The maximum absolute atomic E-state index is 5.49. The van der Waals surface area contributed by atoms with Gasteiger partial charge in [0.2, 0.25) is 0 Å². The van der Waals surface area contributed by atoms with Crippen molar-refractivity contribution >= 4 is 0 Å². The van der Waals surface area contributed by atoms with Crippen LogP contribution in [0.4, 0.5) is 0 Å². The van der Waals surface area contributed by atoms with Crippen LogP contribution >= 0.6 is 0 Å². The van der Waals surface area contributed by atoms with Gasteiger partial charge in [-0.3, -0.25) is 0 Å². The second-order valence-corrected chi connectivity index (χ2v) is 4.26. The predicted octanol–water partition coefficient (Wildman–Crippen LogP) is 2.39. The van der Waals surface area contributed by atoms with E-state index in [1.54, 1.807) is 7.11 Å². The molecule has 0 saturated heterocycles. The van der Waals surface area contributed by atoms with Crippen LogP contribution in [0, 0.1) is 0 Å². The minimum Gasteiger partial charge on any atom is -0.385 e. The van der Waals surface area contributed by atoms with E-state index in [1.807, 2.05) is 0 Å². The molecule has 0 bridgehead atoms. The van der Waals surface area contributed by atoms with Gasteiger partial charge in [0.1, 0.15) is 0 Å². The highest BCUT2D eigenvalue weighted by molar-refractivity contribution is 5.26. The fourth-order valence-corrected chi connectivity index (χ4v) is 1.85. The van der Waals surface area contributed by atoms with E-state index < -0.39 is 0 Å². The number of hydrogen-bond acceptors (Lipinski definition) is 3. The summed E-state index contributed by atoms with van der Waals surface area (Å²) in [4.78, 5) is 0. The van der Waals surface area contributed by atoms with Crippen molar-refractivity contribution < 1.29 is 9.47 Å². The number of ether oxygens (including phenoxy) is 2. The highest BCUT2D eigenvalue weighted by Crippen LogP contribution is 2.08. The zero-order valence-electron chi connectivity index (χ0n) is 11.6. The van der Waals surface area contributed by atoms with Crippen LogP contribution in [-0.2, 0) is 22.4 Å². The molecular weight excluding hydrogens is 226 g/mol. The lowest BCUT2D eigenvalue weighted by Crippen LogP contribution is -2.20. The molecule has 0 saturated carbocycles. The zero-order chi connectivity index (χ0) is 13.1. The molecule has 0 heterocycles. The molecule has 3 heteroatoms. The van der Waals surface area contributed by atoms with Gasteiger partial charge in [-0.25, -0.2) is 0 Å². The Labute approximate surface area is 110 Å². The molecule has 102 valence electrons. The first-order valence-electron chi connectivity index (χ1n) is 6.72. The second kappa shape index (κ2) is 10.1. The Morgan fingerprint density at radius 3 is 2.56 bits per heavy atom. The van der Waals surface area contributed by atoms with Crippen LogP contribution in [0.1, 0.15) is 24.5 Å². The third kappa shape index (κ3) is 6.15. The van der Waals surface area contributed by atoms with Gasteiger partial charge < -0.3 is 14.8 Å². The smallest absolute Gasteiger partial charge is 0.0591 e. The Hall–Kier alpha value is -0.900. The van der Waals surface area contributed by atoms with E-state index in [0.29, 0.717) is 0 Å². The summed E-state index contributed by atoms with van der Waals surface area (Å²) in [5.41, 5.74) is 2.81. The summed E-state index contributed by atoms with van der Waals surface area (Å²) < 4.78 is 10.4. The van der Waals surface area contributed by atoms with Crippen molar-refractivity contribution in [2.75, 3.05) is 33.5 Å². The maximum Gasteiger partial charge on any atom is 0.0591 e. The van der Waals surface area contributed by atoms with E-state index in [4.69, 9.17) is 9.47 Å². The van der Waals surface area contributed by atoms with Crippen LogP contribution in [0.3, 0.4) is 0 Å². The fourth-order valence-electron chi connectivity index (χ4n) is 1.85. The molecule has 0 aliphatic carbocycles. The molecule has 0 aliphatic heterocycles. The van der Waals surface area contributed by atoms with Crippen LogP contribution < -0.4 is 5.32 Å². The Kier molecular flexibility index (Phi) is 8.47. The summed E-state index contributed by atoms with van der Waals surface area (Å²) in [7, 11) is 1.72. The van der Waals surface area contributed by atoms with E-state index in [2.05, 4.69) is 36.5 Å². The van der Waals surface area contributed by atoms with Crippen molar-refractivity contribution in [2.24, 2.45) is 0 Å². The molecule has 18 heavy (non-hydrogen) atoms. The van der Waals surface area contributed by atoms with Crippen molar-refractivity contribution in [2.45, 2.75) is 26.3 Å². The van der Waals surface area contributed by atoms with E-state index in [0.717, 1.165) is 45.8 Å². The van der Waals surface area contributed by atoms with Crippen molar-refractivity contribution in [1.82, 2.24) is 5.32 Å². The van der Waals surface area contributed by atoms with Gasteiger partial charge in [0.05, 0.1) is 6.61 Å². The Morgan fingerprint density at radius 2 is 1.83 bits per heavy atom. The fraction of sp³-hybridized carbons (Fsp3) is 0.600. The van der Waals surface area contributed by atoms with Crippen LogP contribution in [-0.4, -0.2) is 33.5 Å². The number of nitrogens with one attached hydrogen (secondary N) is 1. The Morgan fingerprint density at radius 1 is 1.06 bits per heavy atom. The molecule has 0 aromatic heterocycles. The summed E-state index contributed by atoms with van der Waals surface area (Å²) in [6, 6.07) is 8.57. The molecule has 1 aromatic carbocycles. The van der Waals surface area contributed by atoms with Crippen molar-refractivity contribution in [3.8, 4) is 0 Å². The molecule has 0 spiro atoms. The largest absolute Gasteiger partial charge is 0.385 e. The van der Waals surface area contributed by atoms with E-state index in [9.17, 15) is 0 Å². The lowest BCUT2D eigenvalue weighted by molar-refractivity contribution is 0.104. The molecule has 0 atom stereocenters. The van der Waals surface area contributed by atoms with Crippen LogP contribution in [0.2, 0.25) is 0 Å². The maximum atomic E-state index is 5.49.